The molecule has 3 heteroatoms. The Labute approximate surface area is 118 Å². The van der Waals surface area contributed by atoms with Crippen LogP contribution in [-0.4, -0.2) is 24.2 Å². The van der Waals surface area contributed by atoms with Gasteiger partial charge in [-0.05, 0) is 36.2 Å². The summed E-state index contributed by atoms with van der Waals surface area (Å²) in [6.07, 6.45) is 0. The first-order valence-corrected chi connectivity index (χ1v) is 6.79. The van der Waals surface area contributed by atoms with Gasteiger partial charge in [0, 0.05) is 24.7 Å². The molecule has 0 bridgehead atoms. The normalized spacial score (nSPS) is 14.9. The van der Waals surface area contributed by atoms with E-state index in [9.17, 15) is 4.79 Å². The van der Waals surface area contributed by atoms with E-state index in [1.807, 2.05) is 25.1 Å². The summed E-state index contributed by atoms with van der Waals surface area (Å²) in [5, 5.41) is 9.04. The van der Waals surface area contributed by atoms with Crippen molar-refractivity contribution in [2.45, 2.75) is 12.8 Å². The molecule has 0 aliphatic carbocycles. The van der Waals surface area contributed by atoms with Crippen LogP contribution < -0.4 is 4.90 Å². The van der Waals surface area contributed by atoms with Gasteiger partial charge in [-0.3, -0.25) is 0 Å². The van der Waals surface area contributed by atoms with Gasteiger partial charge in [0.2, 0.25) is 0 Å². The highest BCUT2D eigenvalue weighted by Crippen LogP contribution is 2.32. The number of benzene rings is 2. The summed E-state index contributed by atoms with van der Waals surface area (Å²) in [7, 11) is 0. The van der Waals surface area contributed by atoms with Crippen LogP contribution in [0.3, 0.4) is 0 Å². The molecular formula is C17H17NO2. The quantitative estimate of drug-likeness (QED) is 0.927. The van der Waals surface area contributed by atoms with Gasteiger partial charge in [0.15, 0.2) is 0 Å². The number of carboxylic acids is 1. The first-order valence-electron chi connectivity index (χ1n) is 6.79. The minimum absolute atomic E-state index is 0.383. The van der Waals surface area contributed by atoms with E-state index in [0.717, 1.165) is 24.3 Å². The van der Waals surface area contributed by atoms with Crippen molar-refractivity contribution >= 4 is 11.7 Å². The standard InChI is InChI=1S/C17H17NO2/c1-12-9-15(7-8-16(12)17(19)20)18-10-14(11-18)13-5-3-2-4-6-13/h2-9,14H,10-11H2,1H3,(H,19,20). The van der Waals surface area contributed by atoms with Gasteiger partial charge < -0.3 is 10.0 Å². The van der Waals surface area contributed by atoms with Crippen molar-refractivity contribution < 1.29 is 9.90 Å². The van der Waals surface area contributed by atoms with E-state index in [-0.39, 0.29) is 0 Å². The molecule has 1 N–H and O–H groups in total. The molecular weight excluding hydrogens is 250 g/mol. The molecule has 2 aromatic rings. The van der Waals surface area contributed by atoms with Crippen LogP contribution >= 0.6 is 0 Å². The number of hydrogen-bond acceptors (Lipinski definition) is 2. The predicted octanol–water partition coefficient (Wildman–Crippen LogP) is 3.30. The van der Waals surface area contributed by atoms with E-state index in [1.165, 1.54) is 5.56 Å². The van der Waals surface area contributed by atoms with Gasteiger partial charge in [0.1, 0.15) is 0 Å². The third-order valence-electron chi connectivity index (χ3n) is 3.96. The zero-order valence-electron chi connectivity index (χ0n) is 11.4. The monoisotopic (exact) mass is 267 g/mol. The Morgan fingerprint density at radius 1 is 1.15 bits per heavy atom. The SMILES string of the molecule is Cc1cc(N2CC(c3ccccc3)C2)ccc1C(=O)O. The lowest BCUT2D eigenvalue weighted by Crippen LogP contribution is -2.45. The second-order valence-electron chi connectivity index (χ2n) is 5.32. The first-order chi connectivity index (χ1) is 9.65. The number of carboxylic acid groups (broad SMARTS) is 1. The fourth-order valence-electron chi connectivity index (χ4n) is 2.71. The Morgan fingerprint density at radius 2 is 1.85 bits per heavy atom. The molecule has 102 valence electrons. The third-order valence-corrected chi connectivity index (χ3v) is 3.96. The van der Waals surface area contributed by atoms with Crippen LogP contribution in [0.2, 0.25) is 0 Å². The van der Waals surface area contributed by atoms with E-state index in [1.54, 1.807) is 6.07 Å². The van der Waals surface area contributed by atoms with Gasteiger partial charge >= 0.3 is 5.97 Å². The maximum atomic E-state index is 11.0. The Kier molecular flexibility index (Phi) is 3.18. The average Bonchev–Trinajstić information content (AvgIpc) is 2.38. The van der Waals surface area contributed by atoms with Crippen LogP contribution in [0.15, 0.2) is 48.5 Å². The lowest BCUT2D eigenvalue weighted by molar-refractivity contribution is 0.0696. The number of rotatable bonds is 3. The van der Waals surface area contributed by atoms with Gasteiger partial charge in [0.25, 0.3) is 0 Å². The summed E-state index contributed by atoms with van der Waals surface area (Å²) < 4.78 is 0. The fourth-order valence-corrected chi connectivity index (χ4v) is 2.71. The molecule has 0 saturated carbocycles. The number of hydrogen-bond donors (Lipinski definition) is 1. The van der Waals surface area contributed by atoms with Crippen LogP contribution in [0.1, 0.15) is 27.4 Å². The predicted molar refractivity (Wildman–Crippen MR) is 79.5 cm³/mol. The van der Waals surface area contributed by atoms with Crippen molar-refractivity contribution in [3.63, 3.8) is 0 Å². The molecule has 0 spiro atoms. The zero-order valence-corrected chi connectivity index (χ0v) is 11.4. The van der Waals surface area contributed by atoms with Crippen LogP contribution in [0.5, 0.6) is 0 Å². The summed E-state index contributed by atoms with van der Waals surface area (Å²) in [6, 6.07) is 16.1. The minimum Gasteiger partial charge on any atom is -0.478 e. The lowest BCUT2D eigenvalue weighted by atomic mass is 9.90. The summed E-state index contributed by atoms with van der Waals surface area (Å²) in [5.74, 6) is -0.282. The molecule has 0 unspecified atom stereocenters. The zero-order chi connectivity index (χ0) is 14.1. The Balaban J connectivity index is 1.71. The van der Waals surface area contributed by atoms with E-state index in [4.69, 9.17) is 5.11 Å². The van der Waals surface area contributed by atoms with Gasteiger partial charge in [-0.25, -0.2) is 4.79 Å². The molecule has 0 atom stereocenters. The van der Waals surface area contributed by atoms with E-state index in [2.05, 4.69) is 29.2 Å². The molecule has 0 amide bonds. The van der Waals surface area contributed by atoms with Gasteiger partial charge in [-0.15, -0.1) is 0 Å². The van der Waals surface area contributed by atoms with Crippen LogP contribution in [0.4, 0.5) is 5.69 Å². The smallest absolute Gasteiger partial charge is 0.335 e. The van der Waals surface area contributed by atoms with E-state index >= 15 is 0 Å². The molecule has 1 heterocycles. The van der Waals surface area contributed by atoms with Crippen molar-refractivity contribution in [1.29, 1.82) is 0 Å². The lowest BCUT2D eigenvalue weighted by Gasteiger charge is -2.41. The van der Waals surface area contributed by atoms with E-state index < -0.39 is 5.97 Å². The van der Waals surface area contributed by atoms with Crippen molar-refractivity contribution in [2.75, 3.05) is 18.0 Å². The number of anilines is 1. The van der Waals surface area contributed by atoms with Gasteiger partial charge in [-0.1, -0.05) is 30.3 Å². The summed E-state index contributed by atoms with van der Waals surface area (Å²) in [6.45, 7) is 3.84. The Bertz CT molecular complexity index is 631. The average molecular weight is 267 g/mol. The highest BCUT2D eigenvalue weighted by Gasteiger charge is 2.28. The molecule has 0 aromatic heterocycles. The number of carbonyl (C=O) groups is 1. The largest absolute Gasteiger partial charge is 0.478 e. The second-order valence-corrected chi connectivity index (χ2v) is 5.32. The van der Waals surface area contributed by atoms with Crippen LogP contribution in [0, 0.1) is 6.92 Å². The fraction of sp³-hybridized carbons (Fsp3) is 0.235. The molecule has 2 aromatic carbocycles. The second kappa shape index (κ2) is 5.00. The summed E-state index contributed by atoms with van der Waals surface area (Å²) >= 11 is 0. The van der Waals surface area contributed by atoms with Gasteiger partial charge in [0.05, 0.1) is 5.56 Å². The maximum absolute atomic E-state index is 11.0. The molecule has 20 heavy (non-hydrogen) atoms. The van der Waals surface area contributed by atoms with Crippen molar-refractivity contribution in [1.82, 2.24) is 0 Å². The molecule has 1 aliphatic rings. The molecule has 1 aliphatic heterocycles. The first kappa shape index (κ1) is 12.7. The Morgan fingerprint density at radius 3 is 2.45 bits per heavy atom. The van der Waals surface area contributed by atoms with Crippen molar-refractivity contribution in [2.24, 2.45) is 0 Å². The van der Waals surface area contributed by atoms with Crippen molar-refractivity contribution in [3.05, 3.63) is 65.2 Å². The highest BCUT2D eigenvalue weighted by atomic mass is 16.4. The van der Waals surface area contributed by atoms with Gasteiger partial charge in [-0.2, -0.15) is 0 Å². The minimum atomic E-state index is -0.861. The third kappa shape index (κ3) is 2.27. The molecule has 1 saturated heterocycles. The summed E-state index contributed by atoms with van der Waals surface area (Å²) in [4.78, 5) is 13.3. The van der Waals surface area contributed by atoms with Crippen LogP contribution in [-0.2, 0) is 0 Å². The summed E-state index contributed by atoms with van der Waals surface area (Å²) in [5.41, 5.74) is 3.69. The Hall–Kier alpha value is -2.29. The molecule has 0 radical (unpaired) electrons. The molecule has 3 nitrogen and oxygen atoms in total. The molecule has 3 rings (SSSR count). The van der Waals surface area contributed by atoms with Crippen molar-refractivity contribution in [3.8, 4) is 0 Å². The molecule has 1 fully saturated rings. The number of aryl methyl sites for hydroxylation is 1. The van der Waals surface area contributed by atoms with E-state index in [0.29, 0.717) is 11.5 Å². The number of nitrogens with zero attached hydrogens (tertiary/aromatic N) is 1. The highest BCUT2D eigenvalue weighted by molar-refractivity contribution is 5.90. The van der Waals surface area contributed by atoms with Crippen LogP contribution in [0.25, 0.3) is 0 Å². The maximum Gasteiger partial charge on any atom is 0.335 e. The topological polar surface area (TPSA) is 40.5 Å². The number of aromatic carboxylic acids is 1.